The maximum atomic E-state index is 12.9. The summed E-state index contributed by atoms with van der Waals surface area (Å²) < 4.78 is 28.1. The maximum absolute atomic E-state index is 12.9. The highest BCUT2D eigenvalue weighted by molar-refractivity contribution is 7.89. The first-order valence-electron chi connectivity index (χ1n) is 6.56. The molecule has 0 aliphatic heterocycles. The molecule has 0 saturated carbocycles. The summed E-state index contributed by atoms with van der Waals surface area (Å²) in [6.45, 7) is 5.69. The van der Waals surface area contributed by atoms with E-state index < -0.39 is 10.0 Å². The molecule has 0 amide bonds. The minimum atomic E-state index is -3.59. The molecule has 110 valence electrons. The average Bonchev–Trinajstić information content (AvgIpc) is 2.77. The minimum absolute atomic E-state index is 0.116. The van der Waals surface area contributed by atoms with Gasteiger partial charge < -0.3 is 5.11 Å². The van der Waals surface area contributed by atoms with Crippen LogP contribution in [0.25, 0.3) is 10.1 Å². The van der Waals surface area contributed by atoms with E-state index in [4.69, 9.17) is 0 Å². The van der Waals surface area contributed by atoms with Gasteiger partial charge in [0.05, 0.1) is 11.5 Å². The van der Waals surface area contributed by atoms with Gasteiger partial charge in [0.2, 0.25) is 10.0 Å². The summed E-state index contributed by atoms with van der Waals surface area (Å²) in [6.07, 6.45) is 0. The maximum Gasteiger partial charge on any atom is 0.245 e. The first kappa shape index (κ1) is 15.4. The van der Waals surface area contributed by atoms with Crippen molar-refractivity contribution < 1.29 is 13.5 Å². The SMILES string of the molecule is CCN(C(C)C)S(=O)(=O)c1c(CO)sc2ccccc12. The third-order valence-electron chi connectivity index (χ3n) is 3.22. The van der Waals surface area contributed by atoms with Crippen LogP contribution >= 0.6 is 11.3 Å². The largest absolute Gasteiger partial charge is 0.391 e. The molecule has 0 spiro atoms. The number of nitrogens with zero attached hydrogens (tertiary/aromatic N) is 1. The molecule has 0 aliphatic carbocycles. The zero-order valence-corrected chi connectivity index (χ0v) is 13.5. The van der Waals surface area contributed by atoms with Gasteiger partial charge in [-0.25, -0.2) is 8.42 Å². The van der Waals surface area contributed by atoms with Crippen LogP contribution < -0.4 is 0 Å². The number of rotatable bonds is 5. The van der Waals surface area contributed by atoms with Gasteiger partial charge in [0.25, 0.3) is 0 Å². The number of benzene rings is 1. The summed E-state index contributed by atoms with van der Waals surface area (Å²) in [7, 11) is -3.59. The first-order valence-corrected chi connectivity index (χ1v) is 8.82. The van der Waals surface area contributed by atoms with Crippen molar-refractivity contribution in [3.63, 3.8) is 0 Å². The predicted molar refractivity (Wildman–Crippen MR) is 82.4 cm³/mol. The van der Waals surface area contributed by atoms with E-state index >= 15 is 0 Å². The van der Waals surface area contributed by atoms with Crippen molar-refractivity contribution >= 4 is 31.4 Å². The minimum Gasteiger partial charge on any atom is -0.391 e. The standard InChI is InChI=1S/C14H19NO3S2/c1-4-15(10(2)3)20(17,18)14-11-7-5-6-8-12(11)19-13(14)9-16/h5-8,10,16H,4,9H2,1-3H3. The fourth-order valence-corrected chi connectivity index (χ4v) is 5.79. The van der Waals surface area contributed by atoms with Gasteiger partial charge in [-0.3, -0.25) is 0 Å². The highest BCUT2D eigenvalue weighted by Crippen LogP contribution is 2.36. The van der Waals surface area contributed by atoms with E-state index in [0.717, 1.165) is 4.70 Å². The summed E-state index contributed by atoms with van der Waals surface area (Å²) >= 11 is 1.33. The molecule has 0 aliphatic rings. The normalized spacial score (nSPS) is 12.7. The summed E-state index contributed by atoms with van der Waals surface area (Å²) in [4.78, 5) is 0.765. The number of fused-ring (bicyclic) bond motifs is 1. The Labute approximate surface area is 123 Å². The van der Waals surface area contributed by atoms with Crippen LogP contribution in [0.4, 0.5) is 0 Å². The Kier molecular flexibility index (Phi) is 4.49. The van der Waals surface area contributed by atoms with Gasteiger partial charge >= 0.3 is 0 Å². The van der Waals surface area contributed by atoms with E-state index in [2.05, 4.69) is 0 Å². The smallest absolute Gasteiger partial charge is 0.245 e. The van der Waals surface area contributed by atoms with Gasteiger partial charge in [-0.1, -0.05) is 25.1 Å². The van der Waals surface area contributed by atoms with Crippen LogP contribution in [0, 0.1) is 0 Å². The third kappa shape index (κ3) is 2.48. The van der Waals surface area contributed by atoms with Crippen molar-refractivity contribution in [3.8, 4) is 0 Å². The average molecular weight is 313 g/mol. The van der Waals surface area contributed by atoms with Gasteiger partial charge in [0, 0.05) is 22.7 Å². The fraction of sp³-hybridized carbons (Fsp3) is 0.429. The molecule has 2 aromatic rings. The van der Waals surface area contributed by atoms with E-state index in [9.17, 15) is 13.5 Å². The van der Waals surface area contributed by atoms with Crippen molar-refractivity contribution in [2.24, 2.45) is 0 Å². The second-order valence-electron chi connectivity index (χ2n) is 4.81. The zero-order valence-electron chi connectivity index (χ0n) is 11.8. The van der Waals surface area contributed by atoms with Crippen molar-refractivity contribution in [1.82, 2.24) is 4.31 Å². The Balaban J connectivity index is 2.73. The van der Waals surface area contributed by atoms with Crippen LogP contribution in [-0.4, -0.2) is 30.4 Å². The first-order chi connectivity index (χ1) is 9.43. The molecule has 0 radical (unpaired) electrons. The molecule has 1 aromatic heterocycles. The van der Waals surface area contributed by atoms with E-state index in [1.54, 1.807) is 6.07 Å². The summed E-state index contributed by atoms with van der Waals surface area (Å²) in [5.74, 6) is 0. The van der Waals surface area contributed by atoms with Crippen LogP contribution in [-0.2, 0) is 16.6 Å². The number of hydrogen-bond acceptors (Lipinski definition) is 4. The van der Waals surface area contributed by atoms with Gasteiger partial charge in [-0.15, -0.1) is 11.3 Å². The molecule has 0 saturated heterocycles. The Morgan fingerprint density at radius 2 is 1.95 bits per heavy atom. The highest BCUT2D eigenvalue weighted by Gasteiger charge is 2.31. The van der Waals surface area contributed by atoms with Gasteiger partial charge in [-0.05, 0) is 19.9 Å². The Morgan fingerprint density at radius 1 is 1.30 bits per heavy atom. The molecule has 20 heavy (non-hydrogen) atoms. The van der Waals surface area contributed by atoms with E-state index in [-0.39, 0.29) is 17.5 Å². The van der Waals surface area contributed by atoms with Gasteiger partial charge in [-0.2, -0.15) is 4.31 Å². The second-order valence-corrected chi connectivity index (χ2v) is 7.77. The highest BCUT2D eigenvalue weighted by atomic mass is 32.2. The molecule has 0 atom stereocenters. The Hall–Kier alpha value is -0.950. The Bertz CT molecular complexity index is 704. The van der Waals surface area contributed by atoms with Crippen LogP contribution in [0.5, 0.6) is 0 Å². The van der Waals surface area contributed by atoms with Crippen molar-refractivity contribution in [1.29, 1.82) is 0 Å². The molecule has 4 nitrogen and oxygen atoms in total. The fourth-order valence-electron chi connectivity index (χ4n) is 2.39. The summed E-state index contributed by atoms with van der Waals surface area (Å²) in [5.41, 5.74) is 0. The monoisotopic (exact) mass is 313 g/mol. The van der Waals surface area contributed by atoms with Crippen molar-refractivity contribution in [2.45, 2.75) is 38.3 Å². The molecule has 0 fully saturated rings. The number of sulfonamides is 1. The molecular formula is C14H19NO3S2. The van der Waals surface area contributed by atoms with E-state index in [1.165, 1.54) is 15.6 Å². The molecule has 1 N–H and O–H groups in total. The van der Waals surface area contributed by atoms with Crippen molar-refractivity contribution in [2.75, 3.05) is 6.54 Å². The zero-order chi connectivity index (χ0) is 14.9. The number of aliphatic hydroxyl groups excluding tert-OH is 1. The lowest BCUT2D eigenvalue weighted by Gasteiger charge is -2.24. The lowest BCUT2D eigenvalue weighted by atomic mass is 10.2. The molecular weight excluding hydrogens is 294 g/mol. The van der Waals surface area contributed by atoms with Crippen LogP contribution in [0.2, 0.25) is 0 Å². The van der Waals surface area contributed by atoms with Gasteiger partial charge in [0.1, 0.15) is 4.90 Å². The van der Waals surface area contributed by atoms with Gasteiger partial charge in [0.15, 0.2) is 0 Å². The van der Waals surface area contributed by atoms with Crippen molar-refractivity contribution in [3.05, 3.63) is 29.1 Å². The molecule has 0 unspecified atom stereocenters. The number of hydrogen-bond donors (Lipinski definition) is 1. The molecule has 0 bridgehead atoms. The molecule has 6 heteroatoms. The molecule has 2 rings (SSSR count). The lowest BCUT2D eigenvalue weighted by Crippen LogP contribution is -2.36. The van der Waals surface area contributed by atoms with E-state index in [1.807, 2.05) is 39.0 Å². The topological polar surface area (TPSA) is 57.6 Å². The third-order valence-corrected chi connectivity index (χ3v) is 6.78. The summed E-state index contributed by atoms with van der Waals surface area (Å²) in [5, 5.41) is 10.2. The predicted octanol–water partition coefficient (Wildman–Crippen LogP) is 2.81. The Morgan fingerprint density at radius 3 is 2.50 bits per heavy atom. The number of aliphatic hydroxyl groups is 1. The lowest BCUT2D eigenvalue weighted by molar-refractivity contribution is 0.282. The van der Waals surface area contributed by atoms with Crippen LogP contribution in [0.1, 0.15) is 25.6 Å². The second kappa shape index (κ2) is 5.81. The molecule has 1 aromatic carbocycles. The van der Waals surface area contributed by atoms with Crippen LogP contribution in [0.15, 0.2) is 29.2 Å². The van der Waals surface area contributed by atoms with Crippen LogP contribution in [0.3, 0.4) is 0 Å². The van der Waals surface area contributed by atoms with E-state index in [0.29, 0.717) is 16.8 Å². The quantitative estimate of drug-likeness (QED) is 0.923. The number of thiophene rings is 1. The summed E-state index contributed by atoms with van der Waals surface area (Å²) in [6, 6.07) is 7.25. The molecule has 1 heterocycles.